The molecular weight excluding hydrogens is 982 g/mol. The molecule has 2 aliphatic heterocycles. The van der Waals surface area contributed by atoms with Crippen molar-refractivity contribution in [2.24, 2.45) is 37.9 Å². The van der Waals surface area contributed by atoms with Gasteiger partial charge in [-0.25, -0.2) is 0 Å². The van der Waals surface area contributed by atoms with E-state index in [2.05, 4.69) is 112 Å². The van der Waals surface area contributed by atoms with Crippen LogP contribution in [0.5, 0.6) is 0 Å². The molecule has 8 nitrogen and oxygen atoms in total. The van der Waals surface area contributed by atoms with Gasteiger partial charge in [0.1, 0.15) is 5.68 Å². The van der Waals surface area contributed by atoms with Crippen molar-refractivity contribution in [3.63, 3.8) is 0 Å². The van der Waals surface area contributed by atoms with E-state index in [1.807, 2.05) is 97.6 Å². The molecule has 12 heteroatoms. The van der Waals surface area contributed by atoms with Gasteiger partial charge in [-0.2, -0.15) is 0 Å². The van der Waals surface area contributed by atoms with Crippen molar-refractivity contribution in [1.82, 2.24) is 14.6 Å². The van der Waals surface area contributed by atoms with Crippen LogP contribution in [0.1, 0.15) is 175 Å². The molecule has 0 aromatic rings. The van der Waals surface area contributed by atoms with Crippen LogP contribution in [0.3, 0.4) is 0 Å². The van der Waals surface area contributed by atoms with Gasteiger partial charge in [-0.1, -0.05) is 118 Å². The minimum absolute atomic E-state index is 0.191. The van der Waals surface area contributed by atoms with Crippen molar-refractivity contribution < 1.29 is 23.7 Å². The van der Waals surface area contributed by atoms with Crippen LogP contribution >= 0.6 is 37.2 Å². The quantitative estimate of drug-likeness (QED) is 0.139. The number of amides is 1. The summed E-state index contributed by atoms with van der Waals surface area (Å²) < 4.78 is 0.599. The summed E-state index contributed by atoms with van der Waals surface area (Å²) in [5.41, 5.74) is 2.12. The summed E-state index contributed by atoms with van der Waals surface area (Å²) in [6, 6.07) is 0. The van der Waals surface area contributed by atoms with Gasteiger partial charge in [0.15, 0.2) is 5.68 Å². The number of halogens is 2. The summed E-state index contributed by atoms with van der Waals surface area (Å²) in [5, 5.41) is 0. The first-order valence-corrected chi connectivity index (χ1v) is 29.8. The van der Waals surface area contributed by atoms with Gasteiger partial charge in [-0.15, -0.1) is 0 Å². The highest BCUT2D eigenvalue weighted by Crippen LogP contribution is 2.43. The number of carbonyl (C=O) groups excluding carboxylic acids is 3. The molecule has 0 aliphatic carbocycles. The monoisotopic (exact) mass is 1090 g/mol. The van der Waals surface area contributed by atoms with E-state index in [0.29, 0.717) is 26.1 Å². The largest absolute Gasteiger partial charge is 0.526 e. The van der Waals surface area contributed by atoms with E-state index in [-0.39, 0.29) is 33.5 Å². The third kappa shape index (κ3) is 28.8. The Hall–Kier alpha value is 0.240. The van der Waals surface area contributed by atoms with Crippen LogP contribution in [0.15, 0.2) is 0 Å². The highest BCUT2D eigenvalue weighted by Gasteiger charge is 2.43. The molecule has 2 aliphatic rings. The lowest BCUT2D eigenvalue weighted by Gasteiger charge is -2.48. The average Bonchev–Trinajstić information content (AvgIpc) is 3.14. The lowest BCUT2D eigenvalue weighted by Crippen LogP contribution is -3.13. The topological polar surface area (TPSA) is 65.4 Å². The molecular formula is C49H105B2I2N5O3+2. The predicted octanol–water partition coefficient (Wildman–Crippen LogP) is 10.6. The zero-order valence-electron chi connectivity index (χ0n) is 45.6. The van der Waals surface area contributed by atoms with E-state index in [1.54, 1.807) is 43.5 Å². The lowest BCUT2D eigenvalue weighted by molar-refractivity contribution is -0.901. The van der Waals surface area contributed by atoms with Gasteiger partial charge < -0.3 is 33.5 Å². The Morgan fingerprint density at radius 2 is 0.934 bits per heavy atom. The van der Waals surface area contributed by atoms with Gasteiger partial charge in [0.2, 0.25) is 5.91 Å². The van der Waals surface area contributed by atoms with Crippen LogP contribution in [0.4, 0.5) is 0 Å². The van der Waals surface area contributed by atoms with Crippen LogP contribution in [-0.4, -0.2) is 141 Å². The summed E-state index contributed by atoms with van der Waals surface area (Å²) in [6.07, 6.45) is 10.8. The first-order chi connectivity index (χ1) is 27.4. The molecule has 0 aromatic heterocycles. The number of carbonyl (C=O) groups is 3. The van der Waals surface area contributed by atoms with E-state index in [0.717, 1.165) is 19.3 Å². The number of nitrogens with zero attached hydrogens (tertiary/aromatic N) is 4. The van der Waals surface area contributed by atoms with Crippen LogP contribution < -0.4 is 4.90 Å². The van der Waals surface area contributed by atoms with E-state index in [4.69, 9.17) is 0 Å². The van der Waals surface area contributed by atoms with Crippen LogP contribution in [-0.2, 0) is 14.4 Å². The second kappa shape index (κ2) is 29.8. The van der Waals surface area contributed by atoms with Crippen molar-refractivity contribution in [2.45, 2.75) is 175 Å². The van der Waals surface area contributed by atoms with Crippen LogP contribution in [0.2, 0.25) is 0 Å². The summed E-state index contributed by atoms with van der Waals surface area (Å²) in [5.74, 6) is 0.204. The van der Waals surface area contributed by atoms with Crippen molar-refractivity contribution >= 4 is 69.3 Å². The molecule has 2 heterocycles. The number of nitrogens with one attached hydrogen (secondary N) is 1. The molecule has 0 spiro atoms. The van der Waals surface area contributed by atoms with Crippen molar-refractivity contribution in [2.75, 3.05) is 89.6 Å². The summed E-state index contributed by atoms with van der Waals surface area (Å²) in [7, 11) is 21.3. The van der Waals surface area contributed by atoms with E-state index >= 15 is 0 Å². The summed E-state index contributed by atoms with van der Waals surface area (Å²) in [4.78, 5) is 42.0. The number of hydrogen-bond donors (Lipinski definition) is 1. The number of quaternary nitrogens is 2. The second-order valence-electron chi connectivity index (χ2n) is 23.5. The van der Waals surface area contributed by atoms with Gasteiger partial charge in [0, 0.05) is 113 Å². The smallest absolute Gasteiger partial charge is 0.395 e. The molecule has 4 unspecified atom stereocenters. The molecule has 2 saturated heterocycles. The van der Waals surface area contributed by atoms with Gasteiger partial charge in [-0.3, -0.25) is 4.79 Å². The molecule has 4 atom stereocenters. The van der Waals surface area contributed by atoms with E-state index < -0.39 is 0 Å². The first-order valence-electron chi connectivity index (χ1n) is 23.5. The average molecular weight is 1090 g/mol. The Morgan fingerprint density at radius 3 is 1.18 bits per heavy atom. The number of rotatable bonds is 14. The standard InChI is InChI=1S/2C12H25N.C9H20BNO.C8H17BNO.C8H17NO.I2/c2*1-6-11(3)8-12(4,7-2)10-13(5)9-11;1-7-9(2,3)8(12)10-11(4,5)6;1-6-8(2,3)7(11)9-10(4)5;1-6-8(2,3)7(10)9(4)5;1-2/h2*6-10H2,1-5H3;7H2,1-6H3;6H2,1-5H3;6H2,1-5H3;/q;;+1;;;/p+1. The van der Waals surface area contributed by atoms with Gasteiger partial charge in [0.25, 0.3) is 7.41 Å². The minimum Gasteiger partial charge on any atom is -0.395 e. The Labute approximate surface area is 407 Å². The van der Waals surface area contributed by atoms with E-state index in [9.17, 15) is 14.4 Å². The van der Waals surface area contributed by atoms with E-state index in [1.165, 1.54) is 64.7 Å². The molecule has 2 radical (unpaired) electrons. The third-order valence-corrected chi connectivity index (χ3v) is 13.7. The molecule has 1 N–H and O–H groups in total. The SMILES string of the molecule is CCC(C)(C)C(=O)N(C)C.CCC(C)(C)C(=O)[B]N(C)C.CCC(C)(C)C(=O)[B][N+](C)(C)C.CCC1(C)CN(C)CC(C)(CC)C1.CCC1(C)C[NH+](C)CC(C)(CC)C1.II. The maximum absolute atomic E-state index is 11.6. The molecule has 0 bridgehead atoms. The Bertz CT molecular complexity index is 1170. The molecule has 1 amide bonds. The third-order valence-electron chi connectivity index (χ3n) is 13.7. The first kappa shape index (κ1) is 67.8. The fourth-order valence-corrected chi connectivity index (χ4v) is 8.19. The zero-order chi connectivity index (χ0) is 49.6. The lowest BCUT2D eigenvalue weighted by atomic mass is 9.67. The highest BCUT2D eigenvalue weighted by molar-refractivity contribution is 15.0. The number of piperidine rings is 2. The highest BCUT2D eigenvalue weighted by atomic mass is 128. The molecule has 61 heavy (non-hydrogen) atoms. The Balaban J connectivity index is -0.000000330. The second-order valence-corrected chi connectivity index (χ2v) is 23.5. The van der Waals surface area contributed by atoms with Gasteiger partial charge >= 0.3 is 7.41 Å². The normalized spacial score (nSPS) is 25.5. The summed E-state index contributed by atoms with van der Waals surface area (Å²) >= 11 is 4.24. The van der Waals surface area contributed by atoms with Crippen molar-refractivity contribution in [3.05, 3.63) is 0 Å². The minimum atomic E-state index is -0.204. The van der Waals surface area contributed by atoms with Crippen LogP contribution in [0.25, 0.3) is 0 Å². The van der Waals surface area contributed by atoms with Crippen molar-refractivity contribution in [1.29, 1.82) is 0 Å². The fourth-order valence-electron chi connectivity index (χ4n) is 8.19. The molecule has 2 rings (SSSR count). The van der Waals surface area contributed by atoms with Crippen LogP contribution in [0, 0.1) is 37.9 Å². The Morgan fingerprint density at radius 1 is 0.623 bits per heavy atom. The molecule has 2 fully saturated rings. The molecule has 0 aromatic carbocycles. The van der Waals surface area contributed by atoms with Gasteiger partial charge in [-0.05, 0) is 89.8 Å². The fraction of sp³-hybridized carbons (Fsp3) is 0.939. The molecule has 362 valence electrons. The summed E-state index contributed by atoms with van der Waals surface area (Å²) in [6.45, 7) is 42.4. The van der Waals surface area contributed by atoms with Crippen molar-refractivity contribution in [3.8, 4) is 0 Å². The Kier molecular flexibility index (Phi) is 33.1. The van der Waals surface area contributed by atoms with Gasteiger partial charge in [0.05, 0.1) is 20.1 Å². The molecule has 0 saturated carbocycles. The maximum atomic E-state index is 11.6. The number of likely N-dealkylation sites (tertiary alicyclic amines) is 2. The maximum Gasteiger partial charge on any atom is 0.526 e. The zero-order valence-corrected chi connectivity index (χ0v) is 49.9. The number of hydrogen-bond acceptors (Lipinski definition) is 5. The predicted molar refractivity (Wildman–Crippen MR) is 289 cm³/mol.